The summed E-state index contributed by atoms with van der Waals surface area (Å²) in [6.07, 6.45) is 8.60. The zero-order valence-electron chi connectivity index (χ0n) is 14.1. The Morgan fingerprint density at radius 1 is 1.32 bits per heavy atom. The minimum atomic E-state index is -0.162. The highest BCUT2D eigenvalue weighted by molar-refractivity contribution is 7.98. The summed E-state index contributed by atoms with van der Waals surface area (Å²) in [5.41, 5.74) is 2.17. The van der Waals surface area contributed by atoms with E-state index in [9.17, 15) is 4.79 Å². The minimum Gasteiger partial charge on any atom is -0.350 e. The van der Waals surface area contributed by atoms with Crippen molar-refractivity contribution in [3.8, 4) is 10.6 Å². The van der Waals surface area contributed by atoms with Gasteiger partial charge in [0.2, 0.25) is 5.91 Å². The largest absolute Gasteiger partial charge is 0.350 e. The van der Waals surface area contributed by atoms with Crippen molar-refractivity contribution in [3.05, 3.63) is 65.9 Å². The SMILES string of the molecule is CSCCC(C(=O)NCc1cccc(-c2nccs2)c1)n1cccc1. The molecule has 0 bridgehead atoms. The van der Waals surface area contributed by atoms with Crippen LogP contribution in [0.2, 0.25) is 0 Å². The molecule has 3 rings (SSSR count). The van der Waals surface area contributed by atoms with Gasteiger partial charge in [-0.05, 0) is 42.2 Å². The van der Waals surface area contributed by atoms with Gasteiger partial charge < -0.3 is 9.88 Å². The van der Waals surface area contributed by atoms with E-state index in [1.807, 2.05) is 58.9 Å². The number of benzene rings is 1. The van der Waals surface area contributed by atoms with Crippen molar-refractivity contribution in [1.82, 2.24) is 14.9 Å². The summed E-state index contributed by atoms with van der Waals surface area (Å²) in [6, 6.07) is 11.9. The van der Waals surface area contributed by atoms with Crippen molar-refractivity contribution in [3.63, 3.8) is 0 Å². The monoisotopic (exact) mass is 371 g/mol. The van der Waals surface area contributed by atoms with Crippen molar-refractivity contribution in [2.45, 2.75) is 19.0 Å². The Morgan fingerprint density at radius 2 is 2.16 bits per heavy atom. The molecule has 25 heavy (non-hydrogen) atoms. The summed E-state index contributed by atoms with van der Waals surface area (Å²) in [5, 5.41) is 6.05. The molecule has 2 heterocycles. The number of rotatable bonds is 8. The summed E-state index contributed by atoms with van der Waals surface area (Å²) in [6.45, 7) is 0.523. The predicted octanol–water partition coefficient (Wildman–Crippen LogP) is 4.22. The van der Waals surface area contributed by atoms with Gasteiger partial charge in [0.1, 0.15) is 11.0 Å². The maximum absolute atomic E-state index is 12.7. The quantitative estimate of drug-likeness (QED) is 0.645. The summed E-state index contributed by atoms with van der Waals surface area (Å²) < 4.78 is 1.98. The number of carbonyl (C=O) groups is 1. The van der Waals surface area contributed by atoms with Crippen LogP contribution in [0.25, 0.3) is 10.6 Å². The van der Waals surface area contributed by atoms with E-state index in [4.69, 9.17) is 0 Å². The van der Waals surface area contributed by atoms with E-state index in [1.54, 1.807) is 23.1 Å². The van der Waals surface area contributed by atoms with Gasteiger partial charge in [-0.2, -0.15) is 11.8 Å². The molecule has 0 aliphatic heterocycles. The van der Waals surface area contributed by atoms with Crippen LogP contribution in [-0.4, -0.2) is 27.5 Å². The Bertz CT molecular complexity index is 785. The molecule has 0 fully saturated rings. The highest BCUT2D eigenvalue weighted by Crippen LogP contribution is 2.22. The summed E-state index contributed by atoms with van der Waals surface area (Å²) >= 11 is 3.38. The first-order valence-corrected chi connectivity index (χ1v) is 10.4. The molecule has 0 aliphatic carbocycles. The Hall–Kier alpha value is -2.05. The second-order valence-electron chi connectivity index (χ2n) is 5.68. The second-order valence-corrected chi connectivity index (χ2v) is 7.56. The van der Waals surface area contributed by atoms with Gasteiger partial charge in [-0.3, -0.25) is 4.79 Å². The first-order chi connectivity index (χ1) is 12.3. The van der Waals surface area contributed by atoms with Gasteiger partial charge >= 0.3 is 0 Å². The third-order valence-corrected chi connectivity index (χ3v) is 5.42. The smallest absolute Gasteiger partial charge is 0.243 e. The van der Waals surface area contributed by atoms with Crippen LogP contribution in [0.5, 0.6) is 0 Å². The first kappa shape index (κ1) is 17.8. The van der Waals surface area contributed by atoms with Crippen molar-refractivity contribution in [2.24, 2.45) is 0 Å². The third-order valence-electron chi connectivity index (χ3n) is 3.96. The number of hydrogen-bond donors (Lipinski definition) is 1. The minimum absolute atomic E-state index is 0.0601. The molecule has 130 valence electrons. The molecule has 1 aromatic carbocycles. The standard InChI is InChI=1S/C19H21N3OS2/c1-24-11-7-17(22-9-2-3-10-22)18(23)21-14-15-5-4-6-16(13-15)19-20-8-12-25-19/h2-6,8-10,12-13,17H,7,11,14H2,1H3,(H,21,23). The molecule has 0 saturated heterocycles. The number of nitrogens with one attached hydrogen (secondary N) is 1. The lowest BCUT2D eigenvalue weighted by atomic mass is 10.1. The highest BCUT2D eigenvalue weighted by atomic mass is 32.2. The normalized spacial score (nSPS) is 12.0. The molecule has 0 aliphatic rings. The van der Waals surface area contributed by atoms with Crippen LogP contribution in [-0.2, 0) is 11.3 Å². The Kier molecular flexibility index (Phi) is 6.30. The Balaban J connectivity index is 1.65. The molecule has 1 atom stereocenters. The molecule has 3 aromatic rings. The molecule has 0 saturated carbocycles. The molecular weight excluding hydrogens is 350 g/mol. The lowest BCUT2D eigenvalue weighted by molar-refractivity contribution is -0.124. The van der Waals surface area contributed by atoms with Crippen LogP contribution in [0.15, 0.2) is 60.4 Å². The van der Waals surface area contributed by atoms with E-state index in [0.29, 0.717) is 6.54 Å². The fourth-order valence-electron chi connectivity index (χ4n) is 2.69. The Labute approximate surface area is 156 Å². The van der Waals surface area contributed by atoms with Gasteiger partial charge in [0.05, 0.1) is 0 Å². The second kappa shape index (κ2) is 8.87. The molecule has 0 spiro atoms. The number of nitrogens with zero attached hydrogens (tertiary/aromatic N) is 2. The number of thiazole rings is 1. The number of thioether (sulfide) groups is 1. The summed E-state index contributed by atoms with van der Waals surface area (Å²) in [4.78, 5) is 17.0. The van der Waals surface area contributed by atoms with Crippen molar-refractivity contribution < 1.29 is 4.79 Å². The van der Waals surface area contributed by atoms with Gasteiger partial charge in [0.15, 0.2) is 0 Å². The Morgan fingerprint density at radius 3 is 2.88 bits per heavy atom. The van der Waals surface area contributed by atoms with Crippen molar-refractivity contribution in [2.75, 3.05) is 12.0 Å². The number of carbonyl (C=O) groups excluding carboxylic acids is 1. The molecule has 0 radical (unpaired) electrons. The van der Waals surface area contributed by atoms with E-state index in [1.165, 1.54) is 0 Å². The van der Waals surface area contributed by atoms with E-state index in [2.05, 4.69) is 22.6 Å². The molecule has 6 heteroatoms. The average Bonchev–Trinajstić information content (AvgIpc) is 3.34. The van der Waals surface area contributed by atoms with E-state index < -0.39 is 0 Å². The fraction of sp³-hybridized carbons (Fsp3) is 0.263. The number of aromatic nitrogens is 2. The molecule has 1 unspecified atom stereocenters. The number of hydrogen-bond acceptors (Lipinski definition) is 4. The molecule has 2 aromatic heterocycles. The van der Waals surface area contributed by atoms with E-state index in [0.717, 1.165) is 28.3 Å². The lowest BCUT2D eigenvalue weighted by Gasteiger charge is -2.18. The van der Waals surface area contributed by atoms with Crippen LogP contribution in [0.4, 0.5) is 0 Å². The van der Waals surface area contributed by atoms with Crippen LogP contribution in [0.3, 0.4) is 0 Å². The summed E-state index contributed by atoms with van der Waals surface area (Å²) in [7, 11) is 0. The summed E-state index contributed by atoms with van der Waals surface area (Å²) in [5.74, 6) is 1.01. The van der Waals surface area contributed by atoms with Gasteiger partial charge in [0, 0.05) is 36.1 Å². The van der Waals surface area contributed by atoms with Crippen molar-refractivity contribution in [1.29, 1.82) is 0 Å². The maximum Gasteiger partial charge on any atom is 0.243 e. The van der Waals surface area contributed by atoms with Gasteiger partial charge in [-0.15, -0.1) is 11.3 Å². The van der Waals surface area contributed by atoms with Crippen LogP contribution >= 0.6 is 23.1 Å². The van der Waals surface area contributed by atoms with Crippen LogP contribution < -0.4 is 5.32 Å². The third kappa shape index (κ3) is 4.74. The van der Waals surface area contributed by atoms with Crippen LogP contribution in [0, 0.1) is 0 Å². The predicted molar refractivity (Wildman–Crippen MR) is 106 cm³/mol. The van der Waals surface area contributed by atoms with Gasteiger partial charge in [-0.25, -0.2) is 4.98 Å². The average molecular weight is 372 g/mol. The lowest BCUT2D eigenvalue weighted by Crippen LogP contribution is -2.32. The fourth-order valence-corrected chi connectivity index (χ4v) is 3.78. The van der Waals surface area contributed by atoms with Crippen molar-refractivity contribution >= 4 is 29.0 Å². The first-order valence-electron chi connectivity index (χ1n) is 8.16. The topological polar surface area (TPSA) is 46.9 Å². The van der Waals surface area contributed by atoms with Gasteiger partial charge in [-0.1, -0.05) is 18.2 Å². The number of amides is 1. The van der Waals surface area contributed by atoms with E-state index >= 15 is 0 Å². The molecule has 1 N–H and O–H groups in total. The zero-order chi connectivity index (χ0) is 17.5. The maximum atomic E-state index is 12.7. The van der Waals surface area contributed by atoms with E-state index in [-0.39, 0.29) is 11.9 Å². The van der Waals surface area contributed by atoms with Gasteiger partial charge in [0.25, 0.3) is 0 Å². The molecule has 4 nitrogen and oxygen atoms in total. The highest BCUT2D eigenvalue weighted by Gasteiger charge is 2.18. The zero-order valence-corrected chi connectivity index (χ0v) is 15.7. The molecular formula is C19H21N3OS2. The van der Waals surface area contributed by atoms with Crippen LogP contribution in [0.1, 0.15) is 18.0 Å². The molecule has 1 amide bonds.